The zero-order valence-electron chi connectivity index (χ0n) is 12.5. The van der Waals surface area contributed by atoms with Gasteiger partial charge in [0, 0.05) is 6.54 Å². The van der Waals surface area contributed by atoms with Crippen LogP contribution >= 0.6 is 0 Å². The molecule has 0 bridgehead atoms. The highest BCUT2D eigenvalue weighted by molar-refractivity contribution is 5.80. The fourth-order valence-corrected chi connectivity index (χ4v) is 3.10. The number of likely N-dealkylation sites (tertiary alicyclic amines) is 1. The van der Waals surface area contributed by atoms with E-state index in [-0.39, 0.29) is 5.56 Å². The Morgan fingerprint density at radius 2 is 2.29 bits per heavy atom. The molecule has 1 aromatic heterocycles. The van der Waals surface area contributed by atoms with E-state index < -0.39 is 5.60 Å². The van der Waals surface area contributed by atoms with Gasteiger partial charge in [-0.05, 0) is 44.9 Å². The monoisotopic (exact) mass is 287 g/mol. The number of hydrogen-bond donors (Lipinski definition) is 2. The Morgan fingerprint density at radius 3 is 3.05 bits per heavy atom. The average molecular weight is 287 g/mol. The van der Waals surface area contributed by atoms with Crippen molar-refractivity contribution in [3.05, 3.63) is 39.9 Å². The molecule has 1 saturated heterocycles. The minimum absolute atomic E-state index is 0.0949. The van der Waals surface area contributed by atoms with Crippen LogP contribution in [0.3, 0.4) is 0 Å². The molecule has 112 valence electrons. The first-order chi connectivity index (χ1) is 9.94. The lowest BCUT2D eigenvalue weighted by atomic mass is 9.95. The van der Waals surface area contributed by atoms with Crippen molar-refractivity contribution in [2.75, 3.05) is 13.1 Å². The number of aromatic nitrogens is 2. The molecule has 2 heterocycles. The number of aryl methyl sites for hydroxylation is 1. The number of para-hydroxylation sites is 1. The highest BCUT2D eigenvalue weighted by Gasteiger charge is 2.28. The van der Waals surface area contributed by atoms with E-state index in [4.69, 9.17) is 0 Å². The van der Waals surface area contributed by atoms with E-state index in [0.29, 0.717) is 24.3 Å². The fraction of sp³-hybridized carbons (Fsp3) is 0.500. The van der Waals surface area contributed by atoms with Crippen LogP contribution in [0, 0.1) is 6.92 Å². The van der Waals surface area contributed by atoms with Gasteiger partial charge in [0.2, 0.25) is 0 Å². The van der Waals surface area contributed by atoms with Crippen molar-refractivity contribution in [2.24, 2.45) is 0 Å². The lowest BCUT2D eigenvalue weighted by molar-refractivity contribution is -0.0188. The van der Waals surface area contributed by atoms with Crippen LogP contribution in [0.25, 0.3) is 10.9 Å². The predicted molar refractivity (Wildman–Crippen MR) is 82.2 cm³/mol. The first kappa shape index (κ1) is 14.2. The lowest BCUT2D eigenvalue weighted by Gasteiger charge is -2.36. The molecule has 0 spiro atoms. The molecule has 1 aliphatic heterocycles. The van der Waals surface area contributed by atoms with Gasteiger partial charge in [-0.2, -0.15) is 0 Å². The van der Waals surface area contributed by atoms with Crippen molar-refractivity contribution in [3.63, 3.8) is 0 Å². The third-order valence-electron chi connectivity index (χ3n) is 4.11. The molecule has 21 heavy (non-hydrogen) atoms. The number of hydrogen-bond acceptors (Lipinski definition) is 4. The molecule has 5 nitrogen and oxygen atoms in total. The van der Waals surface area contributed by atoms with Crippen LogP contribution in [0.4, 0.5) is 0 Å². The second-order valence-corrected chi connectivity index (χ2v) is 6.29. The number of fused-ring (bicyclic) bond motifs is 1. The molecule has 0 radical (unpaired) electrons. The van der Waals surface area contributed by atoms with E-state index in [9.17, 15) is 9.90 Å². The van der Waals surface area contributed by atoms with Gasteiger partial charge < -0.3 is 10.1 Å². The van der Waals surface area contributed by atoms with Gasteiger partial charge in [-0.15, -0.1) is 0 Å². The fourth-order valence-electron chi connectivity index (χ4n) is 3.10. The molecule has 1 aliphatic rings. The first-order valence-corrected chi connectivity index (χ1v) is 7.38. The molecule has 2 aromatic rings. The van der Waals surface area contributed by atoms with Crippen molar-refractivity contribution < 1.29 is 5.11 Å². The van der Waals surface area contributed by atoms with Crippen LogP contribution in [0.1, 0.15) is 31.2 Å². The van der Waals surface area contributed by atoms with Crippen LogP contribution in [0.15, 0.2) is 23.0 Å². The highest BCUT2D eigenvalue weighted by Crippen LogP contribution is 2.21. The maximum Gasteiger partial charge on any atom is 0.258 e. The molecule has 1 unspecified atom stereocenters. The zero-order chi connectivity index (χ0) is 15.0. The minimum Gasteiger partial charge on any atom is -0.389 e. The van der Waals surface area contributed by atoms with Crippen molar-refractivity contribution in [1.29, 1.82) is 0 Å². The van der Waals surface area contributed by atoms with E-state index in [1.54, 1.807) is 6.07 Å². The summed E-state index contributed by atoms with van der Waals surface area (Å²) in [7, 11) is 0. The van der Waals surface area contributed by atoms with Crippen molar-refractivity contribution in [2.45, 2.75) is 38.8 Å². The van der Waals surface area contributed by atoms with Gasteiger partial charge in [-0.25, -0.2) is 4.98 Å². The summed E-state index contributed by atoms with van der Waals surface area (Å²) in [6.07, 6.45) is 1.79. The third-order valence-corrected chi connectivity index (χ3v) is 4.11. The van der Waals surface area contributed by atoms with Crippen LogP contribution in [-0.4, -0.2) is 38.7 Å². The Morgan fingerprint density at radius 1 is 1.48 bits per heavy atom. The highest BCUT2D eigenvalue weighted by atomic mass is 16.3. The van der Waals surface area contributed by atoms with E-state index in [2.05, 4.69) is 14.9 Å². The Hall–Kier alpha value is -1.72. The first-order valence-electron chi connectivity index (χ1n) is 7.38. The van der Waals surface area contributed by atoms with Gasteiger partial charge in [-0.3, -0.25) is 9.69 Å². The minimum atomic E-state index is -0.648. The lowest BCUT2D eigenvalue weighted by Crippen LogP contribution is -2.45. The van der Waals surface area contributed by atoms with E-state index >= 15 is 0 Å². The zero-order valence-corrected chi connectivity index (χ0v) is 12.5. The summed E-state index contributed by atoms with van der Waals surface area (Å²) < 4.78 is 0. The second-order valence-electron chi connectivity index (χ2n) is 6.29. The van der Waals surface area contributed by atoms with Crippen LogP contribution in [-0.2, 0) is 6.54 Å². The summed E-state index contributed by atoms with van der Waals surface area (Å²) in [6.45, 7) is 5.92. The smallest absolute Gasteiger partial charge is 0.258 e. The number of H-pyrrole nitrogens is 1. The van der Waals surface area contributed by atoms with Gasteiger partial charge in [0.1, 0.15) is 5.82 Å². The topological polar surface area (TPSA) is 69.2 Å². The number of aliphatic hydroxyl groups is 1. The number of aromatic amines is 1. The molecule has 0 aliphatic carbocycles. The summed E-state index contributed by atoms with van der Waals surface area (Å²) >= 11 is 0. The Bertz CT molecular complexity index is 721. The molecule has 1 fully saturated rings. The summed E-state index contributed by atoms with van der Waals surface area (Å²) in [5.41, 5.74) is 1.03. The summed E-state index contributed by atoms with van der Waals surface area (Å²) in [6, 6.07) is 5.63. The number of benzene rings is 1. The van der Waals surface area contributed by atoms with Crippen LogP contribution < -0.4 is 5.56 Å². The van der Waals surface area contributed by atoms with Gasteiger partial charge in [-0.1, -0.05) is 12.1 Å². The van der Waals surface area contributed by atoms with Gasteiger partial charge in [0.05, 0.1) is 23.0 Å². The summed E-state index contributed by atoms with van der Waals surface area (Å²) in [5.74, 6) is 0.666. The number of nitrogens with one attached hydrogen (secondary N) is 1. The maximum absolute atomic E-state index is 12.2. The standard InChI is InChI=1S/C16H21N3O2/c1-11-5-3-6-12-14(11)17-13(18-15(12)20)9-19-8-4-7-16(2,21)10-19/h3,5-6,21H,4,7-10H2,1-2H3,(H,17,18,20). The molecule has 2 N–H and O–H groups in total. The van der Waals surface area contributed by atoms with E-state index in [1.165, 1.54) is 0 Å². The predicted octanol–water partition coefficient (Wildman–Crippen LogP) is 1.58. The number of β-amino-alcohol motifs (C(OH)–C–C–N with tert-alkyl or cyclic N) is 1. The molecular weight excluding hydrogens is 266 g/mol. The Kier molecular flexibility index (Phi) is 3.55. The molecule has 0 amide bonds. The number of nitrogens with zero attached hydrogens (tertiary/aromatic N) is 2. The van der Waals surface area contributed by atoms with Gasteiger partial charge in [0.25, 0.3) is 5.56 Å². The SMILES string of the molecule is Cc1cccc2c(=O)[nH]c(CN3CCCC(C)(O)C3)nc12. The molecule has 0 saturated carbocycles. The quantitative estimate of drug-likeness (QED) is 0.880. The average Bonchev–Trinajstić information content (AvgIpc) is 2.39. The van der Waals surface area contributed by atoms with E-state index in [0.717, 1.165) is 30.5 Å². The maximum atomic E-state index is 12.2. The molecule has 5 heteroatoms. The summed E-state index contributed by atoms with van der Waals surface area (Å²) in [5, 5.41) is 10.8. The van der Waals surface area contributed by atoms with Crippen LogP contribution in [0.2, 0.25) is 0 Å². The van der Waals surface area contributed by atoms with Crippen molar-refractivity contribution >= 4 is 10.9 Å². The third kappa shape index (κ3) is 2.99. The number of piperidine rings is 1. The van der Waals surface area contributed by atoms with Gasteiger partial charge in [0.15, 0.2) is 0 Å². The van der Waals surface area contributed by atoms with Crippen molar-refractivity contribution in [3.8, 4) is 0 Å². The normalized spacial score (nSPS) is 23.6. The molecule has 3 rings (SSSR count). The summed E-state index contributed by atoms with van der Waals surface area (Å²) in [4.78, 5) is 21.8. The van der Waals surface area contributed by atoms with Crippen LogP contribution in [0.5, 0.6) is 0 Å². The largest absolute Gasteiger partial charge is 0.389 e. The van der Waals surface area contributed by atoms with Gasteiger partial charge >= 0.3 is 0 Å². The Balaban J connectivity index is 1.91. The van der Waals surface area contributed by atoms with Crippen molar-refractivity contribution in [1.82, 2.24) is 14.9 Å². The molecule has 1 atom stereocenters. The second kappa shape index (κ2) is 5.24. The molecule has 1 aromatic carbocycles. The van der Waals surface area contributed by atoms with E-state index in [1.807, 2.05) is 26.0 Å². The number of rotatable bonds is 2. The Labute approximate surface area is 123 Å². The molecular formula is C16H21N3O2.